The minimum absolute atomic E-state index is 0.217. The summed E-state index contributed by atoms with van der Waals surface area (Å²) in [5.41, 5.74) is 3.14. The zero-order valence-electron chi connectivity index (χ0n) is 19.2. The molecule has 8 heteroatoms. The third kappa shape index (κ3) is 4.49. The molecule has 0 bridgehead atoms. The molecule has 0 saturated carbocycles. The maximum Gasteiger partial charge on any atom is 0.274 e. The number of carbonyl (C=O) groups excluding carboxylic acids is 2. The second kappa shape index (κ2) is 9.46. The van der Waals surface area contributed by atoms with E-state index in [-0.39, 0.29) is 30.2 Å². The van der Waals surface area contributed by atoms with Crippen LogP contribution in [0.5, 0.6) is 0 Å². The fourth-order valence-electron chi connectivity index (χ4n) is 4.50. The molecule has 3 heterocycles. The lowest BCUT2D eigenvalue weighted by atomic mass is 9.96. The van der Waals surface area contributed by atoms with E-state index in [1.807, 2.05) is 13.0 Å². The molecule has 1 N–H and O–H groups in total. The van der Waals surface area contributed by atoms with Gasteiger partial charge in [0.2, 0.25) is 0 Å². The van der Waals surface area contributed by atoms with Gasteiger partial charge < -0.3 is 14.6 Å². The number of carbonyl (C=O) groups is 2. The van der Waals surface area contributed by atoms with Crippen LogP contribution in [0.2, 0.25) is 0 Å². The van der Waals surface area contributed by atoms with Gasteiger partial charge in [0.1, 0.15) is 17.1 Å². The third-order valence-corrected chi connectivity index (χ3v) is 7.26. The van der Waals surface area contributed by atoms with E-state index in [4.69, 9.17) is 4.42 Å². The zero-order valence-corrected chi connectivity index (χ0v) is 20.0. The SMILES string of the molecule is C=C1CCCN(C(=O)c2nc(C)sc2-c2ccc(F)cc2)C1CNC(=O)c1cccc2occc12. The van der Waals surface area contributed by atoms with Crippen LogP contribution in [0.1, 0.15) is 38.7 Å². The summed E-state index contributed by atoms with van der Waals surface area (Å²) >= 11 is 1.40. The summed E-state index contributed by atoms with van der Waals surface area (Å²) in [5.74, 6) is -0.790. The average molecular weight is 490 g/mol. The largest absolute Gasteiger partial charge is 0.464 e. The number of amides is 2. The minimum atomic E-state index is -0.355. The number of thiazole rings is 1. The van der Waals surface area contributed by atoms with Gasteiger partial charge in [-0.05, 0) is 55.7 Å². The zero-order chi connectivity index (χ0) is 24.5. The number of aryl methyl sites for hydroxylation is 1. The number of fused-ring (bicyclic) bond motifs is 1. The number of rotatable bonds is 5. The Morgan fingerprint density at radius 2 is 2.03 bits per heavy atom. The number of likely N-dealkylation sites (tertiary alicyclic amines) is 1. The molecule has 4 aromatic rings. The van der Waals surface area contributed by atoms with E-state index in [0.717, 1.165) is 34.4 Å². The second-order valence-electron chi connectivity index (χ2n) is 8.54. The number of halogens is 1. The molecule has 0 radical (unpaired) electrons. The van der Waals surface area contributed by atoms with E-state index in [2.05, 4.69) is 16.9 Å². The second-order valence-corrected chi connectivity index (χ2v) is 9.74. The van der Waals surface area contributed by atoms with Crippen LogP contribution in [0.4, 0.5) is 4.39 Å². The van der Waals surface area contributed by atoms with Crippen molar-refractivity contribution in [3.8, 4) is 10.4 Å². The van der Waals surface area contributed by atoms with E-state index >= 15 is 0 Å². The number of nitrogens with one attached hydrogen (secondary N) is 1. The standard InChI is InChI=1S/C27H24FN3O3S/c1-16-5-4-13-31(22(16)15-29-26(32)21-6-3-7-23-20(21)12-14-34-23)27(33)24-25(35-17(2)30-24)18-8-10-19(28)11-9-18/h3,6-12,14,22H,1,4-5,13,15H2,2H3,(H,29,32). The molecule has 2 amide bonds. The van der Waals surface area contributed by atoms with E-state index < -0.39 is 0 Å². The molecule has 2 aromatic heterocycles. The van der Waals surface area contributed by atoms with Gasteiger partial charge in [-0.25, -0.2) is 9.37 Å². The lowest BCUT2D eigenvalue weighted by Crippen LogP contribution is -2.50. The van der Waals surface area contributed by atoms with Crippen molar-refractivity contribution < 1.29 is 18.4 Å². The molecule has 1 atom stereocenters. The van der Waals surface area contributed by atoms with Crippen molar-refractivity contribution in [3.05, 3.63) is 89.0 Å². The molecule has 1 aliphatic rings. The molecule has 6 nitrogen and oxygen atoms in total. The highest BCUT2D eigenvalue weighted by atomic mass is 32.1. The first-order chi connectivity index (χ1) is 16.9. The van der Waals surface area contributed by atoms with E-state index in [1.165, 1.54) is 23.5 Å². The van der Waals surface area contributed by atoms with Crippen molar-refractivity contribution in [2.75, 3.05) is 13.1 Å². The van der Waals surface area contributed by atoms with Gasteiger partial charge in [-0.3, -0.25) is 9.59 Å². The van der Waals surface area contributed by atoms with Crippen molar-refractivity contribution in [1.82, 2.24) is 15.2 Å². The number of furan rings is 1. The Balaban J connectivity index is 1.39. The number of hydrogen-bond donors (Lipinski definition) is 1. The molecule has 0 aliphatic carbocycles. The summed E-state index contributed by atoms with van der Waals surface area (Å²) in [6, 6.07) is 12.8. The van der Waals surface area contributed by atoms with E-state index in [9.17, 15) is 14.0 Å². The fourth-order valence-corrected chi connectivity index (χ4v) is 5.41. The van der Waals surface area contributed by atoms with Crippen molar-refractivity contribution in [1.29, 1.82) is 0 Å². The number of piperidine rings is 1. The minimum Gasteiger partial charge on any atom is -0.464 e. The highest BCUT2D eigenvalue weighted by Gasteiger charge is 2.33. The number of hydrogen-bond acceptors (Lipinski definition) is 5. The Bertz CT molecular complexity index is 1420. The van der Waals surface area contributed by atoms with Crippen molar-refractivity contribution >= 4 is 34.1 Å². The van der Waals surface area contributed by atoms with Crippen molar-refractivity contribution in [2.45, 2.75) is 25.8 Å². The quantitative estimate of drug-likeness (QED) is 0.371. The maximum atomic E-state index is 13.7. The number of aromatic nitrogens is 1. The molecule has 1 saturated heterocycles. The summed E-state index contributed by atoms with van der Waals surface area (Å²) < 4.78 is 18.9. The highest BCUT2D eigenvalue weighted by Crippen LogP contribution is 2.33. The number of benzene rings is 2. The highest BCUT2D eigenvalue weighted by molar-refractivity contribution is 7.15. The van der Waals surface area contributed by atoms with Crippen LogP contribution in [0.3, 0.4) is 0 Å². The summed E-state index contributed by atoms with van der Waals surface area (Å²) in [5, 5.41) is 4.47. The van der Waals surface area contributed by atoms with Crippen LogP contribution in [-0.2, 0) is 0 Å². The molecule has 35 heavy (non-hydrogen) atoms. The molecule has 1 aliphatic heterocycles. The Morgan fingerprint density at radius 3 is 2.83 bits per heavy atom. The van der Waals surface area contributed by atoms with Gasteiger partial charge in [0.25, 0.3) is 11.8 Å². The van der Waals surface area contributed by atoms with Crippen molar-refractivity contribution in [3.63, 3.8) is 0 Å². The van der Waals surface area contributed by atoms with Gasteiger partial charge in [0, 0.05) is 18.5 Å². The predicted octanol–water partition coefficient (Wildman–Crippen LogP) is 5.59. The molecule has 0 spiro atoms. The van der Waals surface area contributed by atoms with Gasteiger partial charge in [-0.1, -0.05) is 30.4 Å². The average Bonchev–Trinajstić information content (AvgIpc) is 3.49. The summed E-state index contributed by atoms with van der Waals surface area (Å²) in [4.78, 5) is 33.7. The Morgan fingerprint density at radius 1 is 1.23 bits per heavy atom. The van der Waals surface area contributed by atoms with Crippen LogP contribution in [0, 0.1) is 12.7 Å². The topological polar surface area (TPSA) is 75.4 Å². The molecule has 5 rings (SSSR count). The Labute approximate surface area is 206 Å². The van der Waals surface area contributed by atoms with Crippen LogP contribution < -0.4 is 5.32 Å². The molecule has 1 unspecified atom stereocenters. The van der Waals surface area contributed by atoms with E-state index in [0.29, 0.717) is 28.3 Å². The Hall–Kier alpha value is -3.78. The summed E-state index contributed by atoms with van der Waals surface area (Å²) in [6.07, 6.45) is 3.13. The first kappa shape index (κ1) is 23.0. The smallest absolute Gasteiger partial charge is 0.274 e. The predicted molar refractivity (Wildman–Crippen MR) is 134 cm³/mol. The van der Waals surface area contributed by atoms with Gasteiger partial charge >= 0.3 is 0 Å². The van der Waals surface area contributed by atoms with Gasteiger partial charge in [0.05, 0.1) is 27.8 Å². The monoisotopic (exact) mass is 489 g/mol. The normalized spacial score (nSPS) is 16.0. The van der Waals surface area contributed by atoms with Gasteiger partial charge in [-0.2, -0.15) is 0 Å². The molecular weight excluding hydrogens is 465 g/mol. The lowest BCUT2D eigenvalue weighted by Gasteiger charge is -2.37. The van der Waals surface area contributed by atoms with E-state index in [1.54, 1.807) is 41.5 Å². The third-order valence-electron chi connectivity index (χ3n) is 6.24. The summed E-state index contributed by atoms with van der Waals surface area (Å²) in [6.45, 7) is 6.81. The molecule has 1 fully saturated rings. The van der Waals surface area contributed by atoms with Crippen LogP contribution in [0.25, 0.3) is 21.4 Å². The van der Waals surface area contributed by atoms with Crippen molar-refractivity contribution in [2.24, 2.45) is 0 Å². The molecule has 178 valence electrons. The van der Waals surface area contributed by atoms with Gasteiger partial charge in [0.15, 0.2) is 0 Å². The fraction of sp³-hybridized carbons (Fsp3) is 0.222. The molecular formula is C27H24FN3O3S. The first-order valence-electron chi connectivity index (χ1n) is 11.4. The Kier molecular flexibility index (Phi) is 6.21. The summed E-state index contributed by atoms with van der Waals surface area (Å²) in [7, 11) is 0. The van der Waals surface area contributed by atoms with Crippen LogP contribution >= 0.6 is 11.3 Å². The molecule has 2 aromatic carbocycles. The van der Waals surface area contributed by atoms with Gasteiger partial charge in [-0.15, -0.1) is 11.3 Å². The lowest BCUT2D eigenvalue weighted by molar-refractivity contribution is 0.0659. The van der Waals surface area contributed by atoms with Crippen LogP contribution in [0.15, 0.2) is 71.4 Å². The first-order valence-corrected chi connectivity index (χ1v) is 12.2. The van der Waals surface area contributed by atoms with Crippen LogP contribution in [-0.4, -0.2) is 40.8 Å². The maximum absolute atomic E-state index is 13.7. The number of nitrogens with zero attached hydrogens (tertiary/aromatic N) is 2.